The topological polar surface area (TPSA) is 46.6 Å². The molecule has 0 bridgehead atoms. The Morgan fingerprint density at radius 2 is 1.94 bits per heavy atom. The van der Waals surface area contributed by atoms with E-state index in [2.05, 4.69) is 0 Å². The number of carbonyl (C=O) groups excluding carboxylic acids is 2. The maximum atomic E-state index is 12.4. The Labute approximate surface area is 109 Å². The third kappa shape index (κ3) is 3.31. The average molecular weight is 253 g/mol. The number of amides is 1. The van der Waals surface area contributed by atoms with Gasteiger partial charge < -0.3 is 9.64 Å². The predicted molar refractivity (Wildman–Crippen MR) is 68.2 cm³/mol. The summed E-state index contributed by atoms with van der Waals surface area (Å²) in [6.07, 6.45) is 6.33. The zero-order chi connectivity index (χ0) is 13.0. The van der Waals surface area contributed by atoms with Crippen LogP contribution in [0.2, 0.25) is 0 Å². The number of hydrogen-bond acceptors (Lipinski definition) is 3. The molecule has 1 amide bonds. The SMILES string of the molecule is CC(=O)CC1CCCCN1C(=O)C1CCCCO1. The van der Waals surface area contributed by atoms with Crippen molar-refractivity contribution in [3.8, 4) is 0 Å². The van der Waals surface area contributed by atoms with E-state index >= 15 is 0 Å². The van der Waals surface area contributed by atoms with Crippen LogP contribution in [0.15, 0.2) is 0 Å². The minimum Gasteiger partial charge on any atom is -0.368 e. The minimum absolute atomic E-state index is 0.106. The van der Waals surface area contributed by atoms with E-state index in [0.717, 1.165) is 45.1 Å². The first-order chi connectivity index (χ1) is 8.68. The van der Waals surface area contributed by atoms with Gasteiger partial charge in [0, 0.05) is 25.6 Å². The molecule has 0 aromatic carbocycles. The van der Waals surface area contributed by atoms with Gasteiger partial charge in [0.1, 0.15) is 11.9 Å². The monoisotopic (exact) mass is 253 g/mol. The molecule has 4 nitrogen and oxygen atoms in total. The molecule has 2 aliphatic heterocycles. The van der Waals surface area contributed by atoms with E-state index in [4.69, 9.17) is 4.74 Å². The lowest BCUT2D eigenvalue weighted by Crippen LogP contribution is -2.50. The molecule has 0 spiro atoms. The minimum atomic E-state index is -0.258. The Morgan fingerprint density at radius 1 is 1.17 bits per heavy atom. The summed E-state index contributed by atoms with van der Waals surface area (Å²) in [4.78, 5) is 25.6. The van der Waals surface area contributed by atoms with Crippen LogP contribution < -0.4 is 0 Å². The van der Waals surface area contributed by atoms with Crippen LogP contribution >= 0.6 is 0 Å². The Hall–Kier alpha value is -0.900. The molecule has 2 unspecified atom stereocenters. The van der Waals surface area contributed by atoms with Gasteiger partial charge in [-0.05, 0) is 45.4 Å². The highest BCUT2D eigenvalue weighted by Gasteiger charge is 2.33. The fourth-order valence-corrected chi connectivity index (χ4v) is 2.96. The maximum Gasteiger partial charge on any atom is 0.251 e. The summed E-state index contributed by atoms with van der Waals surface area (Å²) in [5.41, 5.74) is 0. The molecule has 0 N–H and O–H groups in total. The number of ketones is 1. The van der Waals surface area contributed by atoms with Crippen LogP contribution in [0.5, 0.6) is 0 Å². The molecule has 18 heavy (non-hydrogen) atoms. The Bertz CT molecular complexity index is 310. The second kappa shape index (κ2) is 6.32. The summed E-state index contributed by atoms with van der Waals surface area (Å²) < 4.78 is 5.57. The summed E-state index contributed by atoms with van der Waals surface area (Å²) in [7, 11) is 0. The molecule has 2 rings (SSSR count). The molecule has 0 aromatic rings. The first-order valence-electron chi connectivity index (χ1n) is 7.10. The zero-order valence-electron chi connectivity index (χ0n) is 11.2. The lowest BCUT2D eigenvalue weighted by molar-refractivity contribution is -0.150. The number of hydrogen-bond donors (Lipinski definition) is 0. The van der Waals surface area contributed by atoms with Crippen LogP contribution in [0, 0.1) is 0 Å². The summed E-state index contributed by atoms with van der Waals surface area (Å²) in [6.45, 7) is 3.09. The number of carbonyl (C=O) groups is 2. The van der Waals surface area contributed by atoms with Gasteiger partial charge in [-0.25, -0.2) is 0 Å². The maximum absolute atomic E-state index is 12.4. The number of rotatable bonds is 3. The smallest absolute Gasteiger partial charge is 0.251 e. The Balaban J connectivity index is 1.98. The Kier molecular flexibility index (Phi) is 4.75. The lowest BCUT2D eigenvalue weighted by Gasteiger charge is -2.38. The third-order valence-electron chi connectivity index (χ3n) is 3.89. The van der Waals surface area contributed by atoms with E-state index in [0.29, 0.717) is 13.0 Å². The molecular formula is C14H23NO3. The molecule has 2 aliphatic rings. The van der Waals surface area contributed by atoms with Crippen molar-refractivity contribution in [3.05, 3.63) is 0 Å². The van der Waals surface area contributed by atoms with Crippen LogP contribution in [0.1, 0.15) is 51.9 Å². The molecule has 2 heterocycles. The van der Waals surface area contributed by atoms with Gasteiger partial charge in [0.25, 0.3) is 5.91 Å². The van der Waals surface area contributed by atoms with E-state index in [1.807, 2.05) is 4.90 Å². The van der Waals surface area contributed by atoms with Crippen molar-refractivity contribution in [2.24, 2.45) is 0 Å². The number of nitrogens with zero attached hydrogens (tertiary/aromatic N) is 1. The summed E-state index contributed by atoms with van der Waals surface area (Å²) in [6, 6.07) is 0.106. The van der Waals surface area contributed by atoms with Gasteiger partial charge in [-0.2, -0.15) is 0 Å². The van der Waals surface area contributed by atoms with Crippen molar-refractivity contribution >= 4 is 11.7 Å². The van der Waals surface area contributed by atoms with E-state index in [1.54, 1.807) is 6.92 Å². The van der Waals surface area contributed by atoms with Crippen LogP contribution in [-0.2, 0) is 14.3 Å². The normalized spacial score (nSPS) is 29.1. The van der Waals surface area contributed by atoms with Gasteiger partial charge in [-0.15, -0.1) is 0 Å². The number of likely N-dealkylation sites (tertiary alicyclic amines) is 1. The molecule has 0 radical (unpaired) electrons. The van der Waals surface area contributed by atoms with Crippen molar-refractivity contribution in [1.82, 2.24) is 4.90 Å². The molecule has 0 aliphatic carbocycles. The van der Waals surface area contributed by atoms with Gasteiger partial charge in [0.2, 0.25) is 0 Å². The van der Waals surface area contributed by atoms with Crippen LogP contribution in [-0.4, -0.2) is 41.9 Å². The highest BCUT2D eigenvalue weighted by atomic mass is 16.5. The molecule has 2 atom stereocenters. The third-order valence-corrected chi connectivity index (χ3v) is 3.89. The van der Waals surface area contributed by atoms with E-state index < -0.39 is 0 Å². The molecule has 2 saturated heterocycles. The summed E-state index contributed by atoms with van der Waals surface area (Å²) in [5, 5.41) is 0. The fraction of sp³-hybridized carbons (Fsp3) is 0.857. The summed E-state index contributed by atoms with van der Waals surface area (Å²) in [5.74, 6) is 0.282. The van der Waals surface area contributed by atoms with Crippen LogP contribution in [0.4, 0.5) is 0 Å². The largest absolute Gasteiger partial charge is 0.368 e. The number of piperidine rings is 1. The van der Waals surface area contributed by atoms with Crippen molar-refractivity contribution < 1.29 is 14.3 Å². The highest BCUT2D eigenvalue weighted by Crippen LogP contribution is 2.23. The fourth-order valence-electron chi connectivity index (χ4n) is 2.96. The zero-order valence-corrected chi connectivity index (χ0v) is 11.2. The van der Waals surface area contributed by atoms with Crippen molar-refractivity contribution in [3.63, 3.8) is 0 Å². The number of ether oxygens (including phenoxy) is 1. The van der Waals surface area contributed by atoms with E-state index in [-0.39, 0.29) is 23.8 Å². The molecular weight excluding hydrogens is 230 g/mol. The van der Waals surface area contributed by atoms with Crippen molar-refractivity contribution in [1.29, 1.82) is 0 Å². The molecule has 0 aromatic heterocycles. The first-order valence-corrected chi connectivity index (χ1v) is 7.10. The number of Topliss-reactive ketones (excluding diaryl/α,β-unsaturated/α-hetero) is 1. The first kappa shape index (κ1) is 13.5. The Morgan fingerprint density at radius 3 is 2.61 bits per heavy atom. The second-order valence-corrected chi connectivity index (χ2v) is 5.44. The molecule has 102 valence electrons. The standard InChI is InChI=1S/C14H23NO3/c1-11(16)10-12-6-2-4-8-15(12)14(17)13-7-3-5-9-18-13/h12-13H,2-10H2,1H3. The molecule has 4 heteroatoms. The summed E-state index contributed by atoms with van der Waals surface area (Å²) >= 11 is 0. The van der Waals surface area contributed by atoms with Gasteiger partial charge in [0.05, 0.1) is 0 Å². The van der Waals surface area contributed by atoms with Gasteiger partial charge in [-0.1, -0.05) is 0 Å². The second-order valence-electron chi connectivity index (χ2n) is 5.44. The van der Waals surface area contributed by atoms with Gasteiger partial charge in [0.15, 0.2) is 0 Å². The quantitative estimate of drug-likeness (QED) is 0.772. The average Bonchev–Trinajstić information content (AvgIpc) is 2.39. The van der Waals surface area contributed by atoms with E-state index in [1.165, 1.54) is 0 Å². The van der Waals surface area contributed by atoms with Crippen molar-refractivity contribution in [2.75, 3.05) is 13.2 Å². The van der Waals surface area contributed by atoms with Crippen LogP contribution in [0.25, 0.3) is 0 Å². The van der Waals surface area contributed by atoms with E-state index in [9.17, 15) is 9.59 Å². The van der Waals surface area contributed by atoms with Crippen molar-refractivity contribution in [2.45, 2.75) is 64.0 Å². The highest BCUT2D eigenvalue weighted by molar-refractivity contribution is 5.83. The lowest BCUT2D eigenvalue weighted by atomic mass is 9.96. The molecule has 2 fully saturated rings. The molecule has 0 saturated carbocycles. The predicted octanol–water partition coefficient (Wildman–Crippen LogP) is 1.92. The van der Waals surface area contributed by atoms with Gasteiger partial charge in [-0.3, -0.25) is 9.59 Å². The van der Waals surface area contributed by atoms with Gasteiger partial charge >= 0.3 is 0 Å². The van der Waals surface area contributed by atoms with Crippen LogP contribution in [0.3, 0.4) is 0 Å².